The molecule has 0 bridgehead atoms. The number of benzene rings is 1. The Kier molecular flexibility index (Phi) is 8.50. The normalized spacial score (nSPS) is 13.8. The minimum Gasteiger partial charge on any atom is -0.497 e. The average molecular weight is 332 g/mol. The van der Waals surface area contributed by atoms with Crippen LogP contribution >= 0.6 is 0 Å². The highest BCUT2D eigenvalue weighted by atomic mass is 16.5. The summed E-state index contributed by atoms with van der Waals surface area (Å²) in [7, 11) is 1.71. The standard InChI is InChI=1S/C20H33N3O/c1-3-4-5-6-7-8-9-10-11-15-20-22-21-17-23(20)18-13-12-14-19(16-18)24-2/h12-14,16,21H,3-11,15,17H2,1-2H3. The number of methoxy groups -OCH3 is 1. The van der Waals surface area contributed by atoms with Crippen LogP contribution in [0.1, 0.15) is 71.1 Å². The molecule has 0 saturated heterocycles. The summed E-state index contributed by atoms with van der Waals surface area (Å²) in [6.07, 6.45) is 13.3. The highest BCUT2D eigenvalue weighted by Crippen LogP contribution is 2.23. The number of anilines is 1. The maximum absolute atomic E-state index is 5.32. The first-order valence-electron chi connectivity index (χ1n) is 9.56. The molecule has 4 heteroatoms. The van der Waals surface area contributed by atoms with Gasteiger partial charge in [0, 0.05) is 18.2 Å². The van der Waals surface area contributed by atoms with Crippen molar-refractivity contribution in [3.05, 3.63) is 24.3 Å². The Bertz CT molecular complexity index is 501. The van der Waals surface area contributed by atoms with E-state index in [2.05, 4.69) is 34.5 Å². The molecule has 4 nitrogen and oxygen atoms in total. The summed E-state index contributed by atoms with van der Waals surface area (Å²) in [6, 6.07) is 8.19. The van der Waals surface area contributed by atoms with E-state index in [4.69, 9.17) is 4.74 Å². The Morgan fingerprint density at radius 1 is 1.04 bits per heavy atom. The van der Waals surface area contributed by atoms with Crippen molar-refractivity contribution in [3.8, 4) is 5.75 Å². The maximum Gasteiger partial charge on any atom is 0.130 e. The first-order chi connectivity index (χ1) is 11.8. The van der Waals surface area contributed by atoms with E-state index in [-0.39, 0.29) is 0 Å². The summed E-state index contributed by atoms with van der Waals surface area (Å²) in [5, 5.41) is 4.47. The first-order valence-corrected chi connectivity index (χ1v) is 9.56. The number of unbranched alkanes of at least 4 members (excludes halogenated alkanes) is 8. The van der Waals surface area contributed by atoms with Crippen LogP contribution in [-0.2, 0) is 0 Å². The molecule has 0 saturated carbocycles. The lowest BCUT2D eigenvalue weighted by molar-refractivity contribution is 0.415. The Balaban J connectivity index is 1.65. The van der Waals surface area contributed by atoms with Gasteiger partial charge in [0.25, 0.3) is 0 Å². The van der Waals surface area contributed by atoms with Gasteiger partial charge in [-0.2, -0.15) is 5.10 Å². The van der Waals surface area contributed by atoms with E-state index in [1.54, 1.807) is 7.11 Å². The van der Waals surface area contributed by atoms with E-state index < -0.39 is 0 Å². The third kappa shape index (κ3) is 6.06. The summed E-state index contributed by atoms with van der Waals surface area (Å²) in [5.41, 5.74) is 4.26. The molecule has 1 N–H and O–H groups in total. The van der Waals surface area contributed by atoms with Crippen molar-refractivity contribution < 1.29 is 4.74 Å². The number of ether oxygens (including phenoxy) is 1. The summed E-state index contributed by atoms with van der Waals surface area (Å²) >= 11 is 0. The van der Waals surface area contributed by atoms with Crippen molar-refractivity contribution in [1.82, 2.24) is 5.43 Å². The predicted octanol–water partition coefficient (Wildman–Crippen LogP) is 5.30. The van der Waals surface area contributed by atoms with Crippen LogP contribution in [0, 0.1) is 0 Å². The number of hydrogen-bond donors (Lipinski definition) is 1. The van der Waals surface area contributed by atoms with Crippen molar-refractivity contribution >= 4 is 11.5 Å². The van der Waals surface area contributed by atoms with Crippen LogP contribution in [0.2, 0.25) is 0 Å². The molecular weight excluding hydrogens is 298 g/mol. The van der Waals surface area contributed by atoms with E-state index in [9.17, 15) is 0 Å². The predicted molar refractivity (Wildman–Crippen MR) is 103 cm³/mol. The molecule has 1 heterocycles. The molecular formula is C20H33N3O. The van der Waals surface area contributed by atoms with Gasteiger partial charge in [0.2, 0.25) is 0 Å². The molecule has 0 amide bonds. The van der Waals surface area contributed by atoms with Gasteiger partial charge in [0.05, 0.1) is 7.11 Å². The Morgan fingerprint density at radius 2 is 1.75 bits per heavy atom. The summed E-state index contributed by atoms with van der Waals surface area (Å²) in [5.74, 6) is 2.04. The van der Waals surface area contributed by atoms with Gasteiger partial charge in [-0.1, -0.05) is 64.4 Å². The van der Waals surface area contributed by atoms with E-state index in [0.29, 0.717) is 0 Å². The molecule has 24 heavy (non-hydrogen) atoms. The number of rotatable bonds is 12. The quantitative estimate of drug-likeness (QED) is 0.528. The van der Waals surface area contributed by atoms with Crippen LogP contribution in [0.4, 0.5) is 5.69 Å². The lowest BCUT2D eigenvalue weighted by Crippen LogP contribution is -2.29. The molecule has 0 radical (unpaired) electrons. The fourth-order valence-electron chi connectivity index (χ4n) is 3.15. The van der Waals surface area contributed by atoms with Gasteiger partial charge in [-0.15, -0.1) is 0 Å². The summed E-state index contributed by atoms with van der Waals surface area (Å²) in [4.78, 5) is 2.24. The molecule has 1 aliphatic rings. The Morgan fingerprint density at radius 3 is 2.46 bits per heavy atom. The minimum absolute atomic E-state index is 0.750. The second-order valence-electron chi connectivity index (χ2n) is 6.55. The van der Waals surface area contributed by atoms with Gasteiger partial charge in [-0.05, 0) is 18.6 Å². The highest BCUT2D eigenvalue weighted by Gasteiger charge is 2.18. The zero-order valence-corrected chi connectivity index (χ0v) is 15.4. The number of hydrazone groups is 1. The van der Waals surface area contributed by atoms with Crippen LogP contribution in [0.3, 0.4) is 0 Å². The first kappa shape index (κ1) is 18.6. The zero-order chi connectivity index (χ0) is 17.0. The third-order valence-electron chi connectivity index (χ3n) is 4.62. The van der Waals surface area contributed by atoms with Crippen LogP contribution in [0.5, 0.6) is 5.75 Å². The van der Waals surface area contributed by atoms with Crippen molar-refractivity contribution in [2.75, 3.05) is 18.7 Å². The number of amidine groups is 1. The monoisotopic (exact) mass is 331 g/mol. The van der Waals surface area contributed by atoms with Crippen LogP contribution < -0.4 is 15.1 Å². The average Bonchev–Trinajstić information content (AvgIpc) is 3.09. The molecule has 0 atom stereocenters. The molecule has 1 aromatic carbocycles. The third-order valence-corrected chi connectivity index (χ3v) is 4.62. The second-order valence-corrected chi connectivity index (χ2v) is 6.55. The van der Waals surface area contributed by atoms with Crippen molar-refractivity contribution in [2.24, 2.45) is 5.10 Å². The van der Waals surface area contributed by atoms with Gasteiger partial charge < -0.3 is 9.64 Å². The smallest absolute Gasteiger partial charge is 0.130 e. The molecule has 0 aliphatic carbocycles. The molecule has 1 aliphatic heterocycles. The van der Waals surface area contributed by atoms with Gasteiger partial charge in [0.15, 0.2) is 0 Å². The summed E-state index contributed by atoms with van der Waals surface area (Å²) in [6.45, 7) is 3.02. The van der Waals surface area contributed by atoms with E-state index in [1.807, 2.05) is 12.1 Å². The second kappa shape index (κ2) is 11.0. The minimum atomic E-state index is 0.750. The van der Waals surface area contributed by atoms with Gasteiger partial charge >= 0.3 is 0 Å². The number of nitrogens with zero attached hydrogens (tertiary/aromatic N) is 2. The maximum atomic E-state index is 5.32. The summed E-state index contributed by atoms with van der Waals surface area (Å²) < 4.78 is 5.32. The lowest BCUT2D eigenvalue weighted by atomic mass is 10.1. The van der Waals surface area contributed by atoms with Crippen molar-refractivity contribution in [1.29, 1.82) is 0 Å². The van der Waals surface area contributed by atoms with Crippen molar-refractivity contribution in [3.63, 3.8) is 0 Å². The van der Waals surface area contributed by atoms with Gasteiger partial charge in [-0.25, -0.2) is 0 Å². The lowest BCUT2D eigenvalue weighted by Gasteiger charge is -2.19. The van der Waals surface area contributed by atoms with Gasteiger partial charge in [0.1, 0.15) is 18.3 Å². The van der Waals surface area contributed by atoms with E-state index >= 15 is 0 Å². The molecule has 0 spiro atoms. The Hall–Kier alpha value is -1.71. The number of hydrogen-bond acceptors (Lipinski definition) is 4. The van der Waals surface area contributed by atoms with Crippen LogP contribution in [0.25, 0.3) is 0 Å². The topological polar surface area (TPSA) is 36.9 Å². The van der Waals surface area contributed by atoms with Crippen LogP contribution in [-0.4, -0.2) is 19.6 Å². The zero-order valence-electron chi connectivity index (χ0n) is 15.4. The fourth-order valence-corrected chi connectivity index (χ4v) is 3.15. The number of nitrogens with one attached hydrogen (secondary N) is 1. The molecule has 0 unspecified atom stereocenters. The highest BCUT2D eigenvalue weighted by molar-refractivity contribution is 5.98. The molecule has 134 valence electrons. The molecule has 0 aromatic heterocycles. The van der Waals surface area contributed by atoms with E-state index in [0.717, 1.165) is 30.4 Å². The largest absolute Gasteiger partial charge is 0.497 e. The van der Waals surface area contributed by atoms with E-state index in [1.165, 1.54) is 57.8 Å². The fraction of sp³-hybridized carbons (Fsp3) is 0.650. The molecule has 2 rings (SSSR count). The van der Waals surface area contributed by atoms with Crippen LogP contribution in [0.15, 0.2) is 29.4 Å². The van der Waals surface area contributed by atoms with Crippen molar-refractivity contribution in [2.45, 2.75) is 71.1 Å². The van der Waals surface area contributed by atoms with Gasteiger partial charge in [-0.3, -0.25) is 5.43 Å². The SMILES string of the molecule is CCCCCCCCCCCC1=NNCN1c1cccc(OC)c1. The molecule has 1 aromatic rings. The Labute approximate surface area is 147 Å². The molecule has 0 fully saturated rings.